The number of aromatic nitrogens is 6. The molecule has 11 nitrogen and oxygen atoms in total. The van der Waals surface area contributed by atoms with Crippen LogP contribution in [0.4, 0.5) is 17.2 Å². The van der Waals surface area contributed by atoms with E-state index in [0.717, 1.165) is 72.1 Å². The van der Waals surface area contributed by atoms with E-state index in [-0.39, 0.29) is 5.78 Å². The van der Waals surface area contributed by atoms with Crippen LogP contribution >= 0.6 is 0 Å². The number of carbonyl (C=O) groups excluding carboxylic acids is 1. The smallest absolute Gasteiger partial charge is 0.160 e. The van der Waals surface area contributed by atoms with Crippen molar-refractivity contribution in [2.75, 3.05) is 43.9 Å². The molecule has 2 bridgehead atoms. The summed E-state index contributed by atoms with van der Waals surface area (Å²) in [4.78, 5) is 26.2. The fourth-order valence-electron chi connectivity index (χ4n) is 6.40. The van der Waals surface area contributed by atoms with Gasteiger partial charge in [-0.25, -0.2) is 19.0 Å². The largest absolute Gasteiger partial charge is 0.457 e. The molecule has 8 rings (SSSR count). The van der Waals surface area contributed by atoms with Crippen LogP contribution in [0.2, 0.25) is 0 Å². The van der Waals surface area contributed by atoms with Crippen molar-refractivity contribution in [2.24, 2.45) is 11.8 Å². The number of likely N-dealkylation sites (N-methyl/N-ethyl adjacent to an activating group) is 1. The van der Waals surface area contributed by atoms with E-state index in [1.165, 1.54) is 11.9 Å². The number of nitrogens with zero attached hydrogens (tertiary/aromatic N) is 8. The summed E-state index contributed by atoms with van der Waals surface area (Å²) in [7, 11) is 4.01. The lowest BCUT2D eigenvalue weighted by Crippen LogP contribution is -2.29. The van der Waals surface area contributed by atoms with Crippen LogP contribution in [-0.4, -0.2) is 73.6 Å². The van der Waals surface area contributed by atoms with Crippen molar-refractivity contribution in [1.29, 1.82) is 0 Å². The van der Waals surface area contributed by atoms with Gasteiger partial charge in [0, 0.05) is 50.2 Å². The van der Waals surface area contributed by atoms with Crippen molar-refractivity contribution >= 4 is 34.1 Å². The van der Waals surface area contributed by atoms with Gasteiger partial charge in [-0.15, -0.1) is 0 Å². The van der Waals surface area contributed by atoms with E-state index < -0.39 is 0 Å². The molecule has 1 aromatic carbocycles. The van der Waals surface area contributed by atoms with Crippen LogP contribution < -0.4 is 15.0 Å². The molecular weight excluding hydrogens is 566 g/mol. The van der Waals surface area contributed by atoms with Crippen molar-refractivity contribution in [3.63, 3.8) is 0 Å². The van der Waals surface area contributed by atoms with Crippen LogP contribution in [0, 0.1) is 18.8 Å². The zero-order valence-electron chi connectivity index (χ0n) is 25.8. The van der Waals surface area contributed by atoms with Crippen molar-refractivity contribution in [3.8, 4) is 11.5 Å². The van der Waals surface area contributed by atoms with Gasteiger partial charge in [0.2, 0.25) is 0 Å². The zero-order chi connectivity index (χ0) is 30.9. The number of nitrogens with one attached hydrogen (secondary N) is 1. The van der Waals surface area contributed by atoms with Crippen molar-refractivity contribution in [1.82, 2.24) is 34.1 Å². The third kappa shape index (κ3) is 6.16. The van der Waals surface area contributed by atoms with E-state index in [2.05, 4.69) is 53.5 Å². The van der Waals surface area contributed by atoms with Crippen molar-refractivity contribution < 1.29 is 9.53 Å². The number of ether oxygens (including phenoxy) is 1. The molecule has 1 aliphatic carbocycles. The molecular formula is C34H37N9O2. The Morgan fingerprint density at radius 2 is 1.89 bits per heavy atom. The first-order valence-corrected chi connectivity index (χ1v) is 15.4. The number of hydrogen-bond donors (Lipinski definition) is 1. The SMILES string of the molecule is Cc1cc(Nc2ncnn3ccc(N4CC5C=C(CC(=O)/C=C/CN(C)C)C(CC5)C4)c23)ccc1Oc1ccn2ncnc2c1. The molecule has 1 N–H and O–H groups in total. The molecule has 2 unspecified atom stereocenters. The Morgan fingerprint density at radius 1 is 1.04 bits per heavy atom. The van der Waals surface area contributed by atoms with E-state index in [4.69, 9.17) is 4.74 Å². The van der Waals surface area contributed by atoms with Crippen LogP contribution in [0.25, 0.3) is 11.2 Å². The van der Waals surface area contributed by atoms with Gasteiger partial charge in [-0.3, -0.25) is 4.79 Å². The maximum absolute atomic E-state index is 12.8. The summed E-state index contributed by atoms with van der Waals surface area (Å²) >= 11 is 0. The molecule has 2 atom stereocenters. The Labute approximate surface area is 261 Å². The number of ketones is 1. The Kier molecular flexibility index (Phi) is 7.76. The van der Waals surface area contributed by atoms with E-state index >= 15 is 0 Å². The fourth-order valence-corrected chi connectivity index (χ4v) is 6.40. The van der Waals surface area contributed by atoms with Gasteiger partial charge in [0.25, 0.3) is 0 Å². The van der Waals surface area contributed by atoms with Crippen LogP contribution in [0.3, 0.4) is 0 Å². The van der Waals surface area contributed by atoms with E-state index in [0.29, 0.717) is 24.0 Å². The molecule has 1 fully saturated rings. The Hall–Kier alpha value is -5.03. The number of hydrogen-bond acceptors (Lipinski definition) is 9. The van der Waals surface area contributed by atoms with Crippen LogP contribution in [0.1, 0.15) is 24.8 Å². The van der Waals surface area contributed by atoms with Gasteiger partial charge in [0.15, 0.2) is 17.2 Å². The zero-order valence-corrected chi connectivity index (χ0v) is 25.8. The lowest BCUT2D eigenvalue weighted by atomic mass is 9.82. The summed E-state index contributed by atoms with van der Waals surface area (Å²) in [5.74, 6) is 3.14. The molecule has 230 valence electrons. The van der Waals surface area contributed by atoms with Gasteiger partial charge in [-0.2, -0.15) is 10.2 Å². The van der Waals surface area contributed by atoms with Crippen molar-refractivity contribution in [3.05, 3.63) is 90.8 Å². The summed E-state index contributed by atoms with van der Waals surface area (Å²) in [5, 5.41) is 12.2. The standard InChI is InChI=1S/C34H37N9O2/c1-23-15-27(8-9-31(23)45-29-10-13-42-32(18-29)35-21-37-42)39-34-33-30(11-14-43(33)38-22-36-34)41-19-24-6-7-25(20-41)26(16-24)17-28(44)5-4-12-40(2)3/h4-5,8-11,13-16,18,21-22,24-25H,6-7,12,17,19-20H2,1-3H3,(H,36,38,39)/b5-4+. The van der Waals surface area contributed by atoms with E-state index in [1.54, 1.807) is 16.9 Å². The maximum Gasteiger partial charge on any atom is 0.160 e. The normalized spacial score (nSPS) is 18.2. The summed E-state index contributed by atoms with van der Waals surface area (Å²) in [6.45, 7) is 4.57. The predicted molar refractivity (Wildman–Crippen MR) is 174 cm³/mol. The second-order valence-corrected chi connectivity index (χ2v) is 12.2. The molecule has 45 heavy (non-hydrogen) atoms. The molecule has 2 aliphatic heterocycles. The summed E-state index contributed by atoms with van der Waals surface area (Å²) in [6.07, 6.45) is 15.7. The molecule has 11 heteroatoms. The third-order valence-corrected chi connectivity index (χ3v) is 8.60. The van der Waals surface area contributed by atoms with Gasteiger partial charge >= 0.3 is 0 Å². The highest BCUT2D eigenvalue weighted by Crippen LogP contribution is 2.39. The number of rotatable bonds is 10. The number of carbonyl (C=O) groups is 1. The Morgan fingerprint density at radius 3 is 2.76 bits per heavy atom. The lowest BCUT2D eigenvalue weighted by molar-refractivity contribution is -0.114. The monoisotopic (exact) mass is 603 g/mol. The average molecular weight is 604 g/mol. The molecule has 5 aromatic rings. The molecule has 0 amide bonds. The van der Waals surface area contributed by atoms with Gasteiger partial charge in [0.1, 0.15) is 29.7 Å². The molecule has 1 saturated heterocycles. The predicted octanol–water partition coefficient (Wildman–Crippen LogP) is 5.47. The van der Waals surface area contributed by atoms with Crippen molar-refractivity contribution in [2.45, 2.75) is 26.2 Å². The number of pyridine rings is 1. The topological polar surface area (TPSA) is 105 Å². The maximum atomic E-state index is 12.8. The number of anilines is 3. The van der Waals surface area contributed by atoms with Gasteiger partial charge in [-0.05, 0) is 87.7 Å². The highest BCUT2D eigenvalue weighted by molar-refractivity contribution is 5.91. The fraction of sp³-hybridized carbons (Fsp3) is 0.324. The highest BCUT2D eigenvalue weighted by Gasteiger charge is 2.32. The van der Waals surface area contributed by atoms with Crippen LogP contribution in [-0.2, 0) is 4.79 Å². The summed E-state index contributed by atoms with van der Waals surface area (Å²) in [5.41, 5.74) is 5.93. The number of allylic oxidation sites excluding steroid dienone is 1. The molecule has 0 radical (unpaired) electrons. The molecule has 0 saturated carbocycles. The first-order chi connectivity index (χ1) is 21.9. The number of benzene rings is 1. The third-order valence-electron chi connectivity index (χ3n) is 8.60. The molecule has 6 heterocycles. The molecule has 4 aromatic heterocycles. The van der Waals surface area contributed by atoms with E-state index in [1.807, 2.05) is 68.3 Å². The first-order valence-electron chi connectivity index (χ1n) is 15.4. The minimum absolute atomic E-state index is 0.180. The van der Waals surface area contributed by atoms with E-state index in [9.17, 15) is 4.79 Å². The quantitative estimate of drug-likeness (QED) is 0.164. The summed E-state index contributed by atoms with van der Waals surface area (Å²) in [6, 6.07) is 11.9. The Bertz CT molecular complexity index is 1920. The number of fused-ring (bicyclic) bond motifs is 5. The molecule has 0 spiro atoms. The Balaban J connectivity index is 1.09. The highest BCUT2D eigenvalue weighted by atomic mass is 16.5. The average Bonchev–Trinajstić information content (AvgIpc) is 3.57. The van der Waals surface area contributed by atoms with Gasteiger partial charge in [-0.1, -0.05) is 17.7 Å². The van der Waals surface area contributed by atoms with Gasteiger partial charge in [0.05, 0.1) is 5.69 Å². The minimum Gasteiger partial charge on any atom is -0.457 e. The number of aryl methyl sites for hydroxylation is 1. The minimum atomic E-state index is 0.180. The second kappa shape index (κ2) is 12.2. The van der Waals surface area contributed by atoms with Gasteiger partial charge < -0.3 is 19.9 Å². The summed E-state index contributed by atoms with van der Waals surface area (Å²) < 4.78 is 9.75. The van der Waals surface area contributed by atoms with Crippen LogP contribution in [0.15, 0.2) is 85.2 Å². The van der Waals surface area contributed by atoms with Crippen LogP contribution in [0.5, 0.6) is 11.5 Å². The first kappa shape index (κ1) is 28.7. The second-order valence-electron chi connectivity index (χ2n) is 12.2. The lowest BCUT2D eigenvalue weighted by Gasteiger charge is -2.26. The molecule has 3 aliphatic rings.